The van der Waals surface area contributed by atoms with Crippen LogP contribution in [0.5, 0.6) is 0 Å². The second-order valence-corrected chi connectivity index (χ2v) is 8.80. The molecule has 0 bridgehead atoms. The number of amides is 4. The second kappa shape index (κ2) is 10.0. The molecular weight excluding hydrogens is 444 g/mol. The average Bonchev–Trinajstić information content (AvgIpc) is 3.45. The number of nitrogens with zero attached hydrogens (tertiary/aromatic N) is 4. The first-order valence-electron chi connectivity index (χ1n) is 11.9. The van der Waals surface area contributed by atoms with E-state index in [2.05, 4.69) is 0 Å². The maximum atomic E-state index is 13.1. The van der Waals surface area contributed by atoms with Crippen LogP contribution in [0.3, 0.4) is 0 Å². The highest BCUT2D eigenvalue weighted by Crippen LogP contribution is 2.23. The number of carbonyl (C=O) groups excluding carboxylic acids is 3. The van der Waals surface area contributed by atoms with Crippen molar-refractivity contribution in [2.75, 3.05) is 44.2 Å². The molecule has 0 radical (unpaired) electrons. The standard InChI is InChI=1S/C27H28N4O4/c32-25(28-15-17-29(18-16-28)26(33)24-8-4-19-35-24)22-9-11-23(12-10-22)31-14-5-13-30(27(31)34)20-21-6-2-1-3-7-21/h1-4,6-12,19H,5,13-18,20H2. The van der Waals surface area contributed by atoms with E-state index in [1.807, 2.05) is 47.4 Å². The average molecular weight is 473 g/mol. The molecule has 3 aromatic rings. The summed E-state index contributed by atoms with van der Waals surface area (Å²) >= 11 is 0. The molecule has 0 saturated carbocycles. The molecular formula is C27H28N4O4. The van der Waals surface area contributed by atoms with E-state index in [9.17, 15) is 14.4 Å². The van der Waals surface area contributed by atoms with Crippen molar-refractivity contribution in [1.82, 2.24) is 14.7 Å². The molecule has 8 heteroatoms. The van der Waals surface area contributed by atoms with Crippen LogP contribution in [0, 0.1) is 0 Å². The van der Waals surface area contributed by atoms with E-state index in [0.717, 1.165) is 24.2 Å². The summed E-state index contributed by atoms with van der Waals surface area (Å²) in [6.45, 7) is 3.82. The van der Waals surface area contributed by atoms with Gasteiger partial charge in [-0.25, -0.2) is 4.79 Å². The van der Waals surface area contributed by atoms with Gasteiger partial charge in [-0.15, -0.1) is 0 Å². The fourth-order valence-electron chi connectivity index (χ4n) is 4.61. The molecule has 2 saturated heterocycles. The molecule has 8 nitrogen and oxygen atoms in total. The van der Waals surface area contributed by atoms with Crippen LogP contribution in [0.25, 0.3) is 0 Å². The minimum absolute atomic E-state index is 0.0171. The molecule has 0 aliphatic carbocycles. The smallest absolute Gasteiger partial charge is 0.324 e. The molecule has 3 heterocycles. The number of carbonyl (C=O) groups is 3. The number of rotatable bonds is 5. The Balaban J connectivity index is 1.19. The summed E-state index contributed by atoms with van der Waals surface area (Å²) < 4.78 is 5.19. The Hall–Kier alpha value is -4.07. The van der Waals surface area contributed by atoms with Crippen molar-refractivity contribution in [3.05, 3.63) is 89.9 Å². The number of anilines is 1. The summed E-state index contributed by atoms with van der Waals surface area (Å²) in [5.74, 6) is 0.0891. The van der Waals surface area contributed by atoms with Gasteiger partial charge in [0.05, 0.1) is 6.26 Å². The van der Waals surface area contributed by atoms with E-state index >= 15 is 0 Å². The van der Waals surface area contributed by atoms with Crippen molar-refractivity contribution in [3.8, 4) is 0 Å². The van der Waals surface area contributed by atoms with Crippen LogP contribution >= 0.6 is 0 Å². The van der Waals surface area contributed by atoms with Gasteiger partial charge in [0.15, 0.2) is 5.76 Å². The lowest BCUT2D eigenvalue weighted by Crippen LogP contribution is -2.50. The van der Waals surface area contributed by atoms with Crippen LogP contribution < -0.4 is 4.90 Å². The lowest BCUT2D eigenvalue weighted by molar-refractivity contribution is 0.0518. The zero-order valence-corrected chi connectivity index (χ0v) is 19.5. The monoisotopic (exact) mass is 472 g/mol. The van der Waals surface area contributed by atoms with E-state index in [4.69, 9.17) is 4.42 Å². The fraction of sp³-hybridized carbons (Fsp3) is 0.296. The van der Waals surface area contributed by atoms with Crippen LogP contribution in [0.15, 0.2) is 77.4 Å². The topological polar surface area (TPSA) is 77.3 Å². The minimum Gasteiger partial charge on any atom is -0.459 e. The molecule has 0 atom stereocenters. The molecule has 0 unspecified atom stereocenters. The van der Waals surface area contributed by atoms with Gasteiger partial charge in [0.25, 0.3) is 11.8 Å². The lowest BCUT2D eigenvalue weighted by Gasteiger charge is -2.36. The van der Waals surface area contributed by atoms with Crippen molar-refractivity contribution >= 4 is 23.5 Å². The highest BCUT2D eigenvalue weighted by Gasteiger charge is 2.28. The van der Waals surface area contributed by atoms with Gasteiger partial charge in [-0.05, 0) is 48.4 Å². The number of benzene rings is 2. The quantitative estimate of drug-likeness (QED) is 0.567. The molecule has 5 rings (SSSR count). The number of furan rings is 1. The predicted molar refractivity (Wildman–Crippen MR) is 131 cm³/mol. The Morgan fingerprint density at radius 2 is 1.43 bits per heavy atom. The molecule has 0 N–H and O–H groups in total. The fourth-order valence-corrected chi connectivity index (χ4v) is 4.61. The third-order valence-corrected chi connectivity index (χ3v) is 6.54. The van der Waals surface area contributed by atoms with Gasteiger partial charge >= 0.3 is 6.03 Å². The molecule has 2 aliphatic heterocycles. The first-order valence-corrected chi connectivity index (χ1v) is 11.9. The van der Waals surface area contributed by atoms with E-state index in [0.29, 0.717) is 50.6 Å². The Kier molecular flexibility index (Phi) is 6.52. The second-order valence-electron chi connectivity index (χ2n) is 8.80. The maximum Gasteiger partial charge on any atom is 0.324 e. The number of hydrogen-bond donors (Lipinski definition) is 0. The summed E-state index contributed by atoms with van der Waals surface area (Å²) in [4.78, 5) is 45.7. The molecule has 180 valence electrons. The molecule has 4 amide bonds. The maximum absolute atomic E-state index is 13.1. The SMILES string of the molecule is O=C(c1ccc(N2CCCN(Cc3ccccc3)C2=O)cc1)N1CCN(C(=O)c2ccco2)CC1. The molecule has 2 aliphatic rings. The van der Waals surface area contributed by atoms with Crippen molar-refractivity contribution in [2.45, 2.75) is 13.0 Å². The Morgan fingerprint density at radius 1 is 0.743 bits per heavy atom. The van der Waals surface area contributed by atoms with Crippen LogP contribution in [0.4, 0.5) is 10.5 Å². The van der Waals surface area contributed by atoms with Crippen LogP contribution in [0.1, 0.15) is 32.9 Å². The lowest BCUT2D eigenvalue weighted by atomic mass is 10.1. The molecule has 0 spiro atoms. The molecule has 1 aromatic heterocycles. The summed E-state index contributed by atoms with van der Waals surface area (Å²) in [6, 6.07) is 20.5. The Bertz CT molecular complexity index is 1170. The summed E-state index contributed by atoms with van der Waals surface area (Å²) in [5.41, 5.74) is 2.47. The molecule has 2 fully saturated rings. The van der Waals surface area contributed by atoms with Crippen molar-refractivity contribution in [3.63, 3.8) is 0 Å². The first-order chi connectivity index (χ1) is 17.1. The zero-order chi connectivity index (χ0) is 24.2. The third-order valence-electron chi connectivity index (χ3n) is 6.54. The Labute approximate surface area is 204 Å². The highest BCUT2D eigenvalue weighted by molar-refractivity contribution is 5.97. The summed E-state index contributed by atoms with van der Waals surface area (Å²) in [6.07, 6.45) is 2.37. The van der Waals surface area contributed by atoms with Gasteiger partial charge < -0.3 is 19.1 Å². The van der Waals surface area contributed by atoms with Crippen LogP contribution in [-0.2, 0) is 6.54 Å². The zero-order valence-electron chi connectivity index (χ0n) is 19.5. The summed E-state index contributed by atoms with van der Waals surface area (Å²) in [5, 5.41) is 0. The Morgan fingerprint density at radius 3 is 2.09 bits per heavy atom. The highest BCUT2D eigenvalue weighted by atomic mass is 16.3. The van der Waals surface area contributed by atoms with Crippen LogP contribution in [0.2, 0.25) is 0 Å². The summed E-state index contributed by atoms with van der Waals surface area (Å²) in [7, 11) is 0. The van der Waals surface area contributed by atoms with Gasteiger partial charge in [0.2, 0.25) is 0 Å². The van der Waals surface area contributed by atoms with Gasteiger partial charge in [0, 0.05) is 57.1 Å². The number of urea groups is 1. The third kappa shape index (κ3) is 4.91. The van der Waals surface area contributed by atoms with Gasteiger partial charge in [0.1, 0.15) is 0 Å². The first kappa shape index (κ1) is 22.7. The largest absolute Gasteiger partial charge is 0.459 e. The number of hydrogen-bond acceptors (Lipinski definition) is 4. The predicted octanol–water partition coefficient (Wildman–Crippen LogP) is 3.71. The van der Waals surface area contributed by atoms with Crippen molar-refractivity contribution < 1.29 is 18.8 Å². The molecule has 2 aromatic carbocycles. The van der Waals surface area contributed by atoms with E-state index in [-0.39, 0.29) is 17.8 Å². The normalized spacial score (nSPS) is 16.5. The van der Waals surface area contributed by atoms with Crippen molar-refractivity contribution in [1.29, 1.82) is 0 Å². The van der Waals surface area contributed by atoms with Gasteiger partial charge in [-0.3, -0.25) is 14.5 Å². The van der Waals surface area contributed by atoms with Gasteiger partial charge in [-0.2, -0.15) is 0 Å². The van der Waals surface area contributed by atoms with E-state index in [1.54, 1.807) is 39.0 Å². The minimum atomic E-state index is -0.154. The van der Waals surface area contributed by atoms with E-state index in [1.165, 1.54) is 6.26 Å². The van der Waals surface area contributed by atoms with Crippen molar-refractivity contribution in [2.24, 2.45) is 0 Å². The number of piperazine rings is 1. The van der Waals surface area contributed by atoms with Gasteiger partial charge in [-0.1, -0.05) is 30.3 Å². The van der Waals surface area contributed by atoms with E-state index < -0.39 is 0 Å². The molecule has 35 heavy (non-hydrogen) atoms. The van der Waals surface area contributed by atoms with Crippen LogP contribution in [-0.4, -0.2) is 71.8 Å².